The molecule has 1 saturated carbocycles. The van der Waals surface area contributed by atoms with Crippen LogP contribution in [-0.2, 0) is 16.1 Å². The van der Waals surface area contributed by atoms with Gasteiger partial charge < -0.3 is 24.5 Å². The first-order valence-electron chi connectivity index (χ1n) is 14.4. The molecule has 0 bridgehead atoms. The first-order valence-corrected chi connectivity index (χ1v) is 14.4. The number of rotatable bonds is 9. The number of likely N-dealkylation sites (tertiary alicyclic amines) is 1. The summed E-state index contributed by atoms with van der Waals surface area (Å²) in [5, 5.41) is 7.19. The number of hydrogen-bond donors (Lipinski definition) is 1. The Labute approximate surface area is 241 Å². The highest BCUT2D eigenvalue weighted by atomic mass is 16.6. The first-order chi connectivity index (χ1) is 20.1. The van der Waals surface area contributed by atoms with Crippen molar-refractivity contribution in [3.8, 4) is 11.6 Å². The molecule has 9 nitrogen and oxygen atoms in total. The molecule has 214 valence electrons. The van der Waals surface area contributed by atoms with Gasteiger partial charge in [0.25, 0.3) is 5.91 Å². The Kier molecular flexibility index (Phi) is 8.04. The van der Waals surface area contributed by atoms with Crippen LogP contribution in [0.1, 0.15) is 58.9 Å². The molecule has 2 aliphatic heterocycles. The van der Waals surface area contributed by atoms with Crippen molar-refractivity contribution in [2.75, 3.05) is 26.8 Å². The van der Waals surface area contributed by atoms with E-state index in [4.69, 9.17) is 19.3 Å². The summed E-state index contributed by atoms with van der Waals surface area (Å²) < 4.78 is 11.9. The van der Waals surface area contributed by atoms with E-state index in [2.05, 4.69) is 50.6 Å². The molecule has 2 saturated heterocycles. The summed E-state index contributed by atoms with van der Waals surface area (Å²) in [6.45, 7) is 5.39. The van der Waals surface area contributed by atoms with Crippen molar-refractivity contribution in [2.24, 2.45) is 5.16 Å². The highest BCUT2D eigenvalue weighted by molar-refractivity contribution is 5.94. The largest absolute Gasteiger partial charge is 0.460 e. The molecule has 3 fully saturated rings. The Balaban J connectivity index is 1.04. The van der Waals surface area contributed by atoms with Crippen molar-refractivity contribution in [3.05, 3.63) is 89.1 Å². The van der Waals surface area contributed by atoms with Crippen LogP contribution in [-0.4, -0.2) is 65.6 Å². The number of amides is 1. The van der Waals surface area contributed by atoms with Crippen LogP contribution < -0.4 is 10.1 Å². The van der Waals surface area contributed by atoms with Crippen LogP contribution in [0.3, 0.4) is 0 Å². The lowest BCUT2D eigenvalue weighted by molar-refractivity contribution is 0.0951. The molecule has 2 aromatic carbocycles. The number of oxime groups is 1. The number of benzene rings is 2. The quantitative estimate of drug-likeness (QED) is 0.371. The van der Waals surface area contributed by atoms with E-state index in [0.717, 1.165) is 51.0 Å². The molecule has 0 unspecified atom stereocenters. The molecule has 1 atom stereocenters. The van der Waals surface area contributed by atoms with Gasteiger partial charge in [-0.15, -0.1) is 0 Å². The van der Waals surface area contributed by atoms with Crippen molar-refractivity contribution in [3.63, 3.8) is 0 Å². The van der Waals surface area contributed by atoms with Gasteiger partial charge in [0.15, 0.2) is 0 Å². The number of pyridine rings is 1. The van der Waals surface area contributed by atoms with E-state index in [9.17, 15) is 4.79 Å². The van der Waals surface area contributed by atoms with Crippen molar-refractivity contribution >= 4 is 11.9 Å². The normalized spacial score (nSPS) is 20.6. The topological polar surface area (TPSA) is 88.5 Å². The highest BCUT2D eigenvalue weighted by Crippen LogP contribution is 2.34. The molecule has 3 heterocycles. The van der Waals surface area contributed by atoms with Gasteiger partial charge in [0.05, 0.1) is 6.04 Å². The molecule has 1 aromatic heterocycles. The minimum atomic E-state index is -0.0327. The second kappa shape index (κ2) is 12.2. The number of nitrogens with zero attached hydrogens (tertiary/aromatic N) is 4. The Hall–Kier alpha value is -4.11. The van der Waals surface area contributed by atoms with Crippen LogP contribution in [0, 0.1) is 6.92 Å². The van der Waals surface area contributed by atoms with E-state index in [1.165, 1.54) is 11.1 Å². The zero-order chi connectivity index (χ0) is 28.2. The zero-order valence-corrected chi connectivity index (χ0v) is 23.7. The fourth-order valence-electron chi connectivity index (χ4n) is 5.61. The molecule has 1 amide bonds. The number of piperidine rings is 1. The van der Waals surface area contributed by atoms with Crippen LogP contribution in [0.15, 0.2) is 71.9 Å². The number of ether oxygens (including phenoxy) is 2. The lowest BCUT2D eigenvalue weighted by Gasteiger charge is -2.38. The van der Waals surface area contributed by atoms with E-state index >= 15 is 0 Å². The van der Waals surface area contributed by atoms with Gasteiger partial charge in [0, 0.05) is 49.0 Å². The van der Waals surface area contributed by atoms with Gasteiger partial charge >= 0.3 is 6.02 Å². The second-order valence-electron chi connectivity index (χ2n) is 11.0. The third-order valence-corrected chi connectivity index (χ3v) is 8.05. The van der Waals surface area contributed by atoms with Crippen molar-refractivity contribution in [1.82, 2.24) is 20.1 Å². The van der Waals surface area contributed by atoms with Gasteiger partial charge in [-0.05, 0) is 73.2 Å². The van der Waals surface area contributed by atoms with E-state index in [1.807, 2.05) is 31.2 Å². The number of amidine groups is 1. The van der Waals surface area contributed by atoms with E-state index in [1.54, 1.807) is 19.2 Å². The molecule has 6 rings (SSSR count). The van der Waals surface area contributed by atoms with E-state index in [0.29, 0.717) is 41.9 Å². The van der Waals surface area contributed by atoms with Gasteiger partial charge in [0.2, 0.25) is 5.88 Å². The predicted octanol–water partition coefficient (Wildman–Crippen LogP) is 5.03. The fraction of sp³-hybridized carbons (Fsp3) is 0.406. The molecule has 1 N–H and O–H groups in total. The maximum atomic E-state index is 12.2. The molecule has 41 heavy (non-hydrogen) atoms. The molecule has 3 aliphatic rings. The van der Waals surface area contributed by atoms with Crippen molar-refractivity contribution in [1.29, 1.82) is 0 Å². The number of aromatic nitrogens is 1. The van der Waals surface area contributed by atoms with E-state index < -0.39 is 0 Å². The van der Waals surface area contributed by atoms with Gasteiger partial charge in [-0.25, -0.2) is 4.98 Å². The van der Waals surface area contributed by atoms with Crippen molar-refractivity contribution < 1.29 is 19.1 Å². The summed E-state index contributed by atoms with van der Waals surface area (Å²) in [7, 11) is 1.56. The number of hydrogen-bond acceptors (Lipinski definition) is 7. The second-order valence-corrected chi connectivity index (χ2v) is 11.0. The van der Waals surface area contributed by atoms with E-state index in [-0.39, 0.29) is 11.9 Å². The van der Waals surface area contributed by atoms with Gasteiger partial charge in [-0.1, -0.05) is 36.4 Å². The molecule has 1 aliphatic carbocycles. The maximum Gasteiger partial charge on any atom is 0.327 e. The Bertz CT molecular complexity index is 1370. The van der Waals surface area contributed by atoms with Crippen LogP contribution in [0.2, 0.25) is 0 Å². The lowest BCUT2D eigenvalue weighted by atomic mass is 9.98. The average molecular weight is 556 g/mol. The standard InChI is InChI=1S/C32H37N5O4/c1-22-25(10-15-30(33-22)41-28-13-8-24(9-14-28)31(38)34-26-11-12-26)20-36-18-16-27(17-19-36)37-29(21-40-32(37)35-39-2)23-6-4-3-5-7-23/h3-10,13-15,26-27,29H,11-12,16-21H2,1-2H3,(H,34,38)/b35-32-/t29-/m0/s1. The Morgan fingerprint density at radius 3 is 2.46 bits per heavy atom. The van der Waals surface area contributed by atoms with Gasteiger partial charge in [0.1, 0.15) is 19.5 Å². The number of aryl methyl sites for hydroxylation is 1. The molecule has 0 radical (unpaired) electrons. The summed E-state index contributed by atoms with van der Waals surface area (Å²) in [6.07, 6.45) is 4.16. The first kappa shape index (κ1) is 27.1. The molecule has 3 aromatic rings. The number of carbonyl (C=O) groups is 1. The van der Waals surface area contributed by atoms with Crippen LogP contribution in [0.25, 0.3) is 0 Å². The smallest absolute Gasteiger partial charge is 0.327 e. The summed E-state index contributed by atoms with van der Waals surface area (Å²) >= 11 is 0. The minimum Gasteiger partial charge on any atom is -0.460 e. The summed E-state index contributed by atoms with van der Waals surface area (Å²) in [5.74, 6) is 1.17. The molecule has 9 heteroatoms. The monoisotopic (exact) mass is 555 g/mol. The van der Waals surface area contributed by atoms with Gasteiger partial charge in [-0.2, -0.15) is 0 Å². The maximum absolute atomic E-state index is 12.2. The predicted molar refractivity (Wildman–Crippen MR) is 156 cm³/mol. The third kappa shape index (κ3) is 6.46. The van der Waals surface area contributed by atoms with Crippen LogP contribution >= 0.6 is 0 Å². The Morgan fingerprint density at radius 1 is 1.02 bits per heavy atom. The molecular formula is C32H37N5O4. The number of carbonyl (C=O) groups excluding carboxylic acids is 1. The van der Waals surface area contributed by atoms with Gasteiger partial charge in [-0.3, -0.25) is 9.69 Å². The lowest BCUT2D eigenvalue weighted by Crippen LogP contribution is -2.46. The van der Waals surface area contributed by atoms with Crippen LogP contribution in [0.4, 0.5) is 0 Å². The summed E-state index contributed by atoms with van der Waals surface area (Å²) in [6, 6.07) is 23.1. The van der Waals surface area contributed by atoms with Crippen LogP contribution in [0.5, 0.6) is 11.6 Å². The fourth-order valence-corrected chi connectivity index (χ4v) is 5.61. The molecular weight excluding hydrogens is 518 g/mol. The number of nitrogens with one attached hydrogen (secondary N) is 1. The average Bonchev–Trinajstić information content (AvgIpc) is 3.72. The molecule has 0 spiro atoms. The summed E-state index contributed by atoms with van der Waals surface area (Å²) in [5.41, 5.74) is 4.02. The highest BCUT2D eigenvalue weighted by Gasteiger charge is 2.39. The zero-order valence-electron chi connectivity index (χ0n) is 23.7. The summed E-state index contributed by atoms with van der Waals surface area (Å²) in [4.78, 5) is 26.8. The van der Waals surface area contributed by atoms with Crippen molar-refractivity contribution in [2.45, 2.75) is 57.3 Å². The SMILES string of the molecule is CO/N=C1\OC[C@@H](c2ccccc2)N1C1CCN(Cc2ccc(Oc3ccc(C(=O)NC4CC4)cc3)nc2C)CC1. The Morgan fingerprint density at radius 2 is 1.78 bits per heavy atom. The third-order valence-electron chi connectivity index (χ3n) is 8.05. The minimum absolute atomic E-state index is 0.0327.